The predicted octanol–water partition coefficient (Wildman–Crippen LogP) is 2.90. The van der Waals surface area contributed by atoms with Crippen LogP contribution in [0.15, 0.2) is 58.9 Å². The number of sulfonamides is 1. The van der Waals surface area contributed by atoms with Gasteiger partial charge in [-0.2, -0.15) is 8.42 Å². The van der Waals surface area contributed by atoms with E-state index in [1.54, 1.807) is 54.6 Å². The van der Waals surface area contributed by atoms with Gasteiger partial charge in [-0.25, -0.2) is 0 Å². The van der Waals surface area contributed by atoms with E-state index in [-0.39, 0.29) is 15.4 Å². The van der Waals surface area contributed by atoms with E-state index in [2.05, 4.69) is 20.2 Å². The highest BCUT2D eigenvalue weighted by Crippen LogP contribution is 2.23. The zero-order chi connectivity index (χ0) is 17.9. The summed E-state index contributed by atoms with van der Waals surface area (Å²) in [5.74, 6) is -0.382. The third kappa shape index (κ3) is 4.20. The maximum absolute atomic E-state index is 12.3. The second kappa shape index (κ2) is 6.99. The Morgan fingerprint density at radius 1 is 1.00 bits per heavy atom. The molecule has 25 heavy (non-hydrogen) atoms. The summed E-state index contributed by atoms with van der Waals surface area (Å²) in [4.78, 5) is 12.1. The Morgan fingerprint density at radius 3 is 2.36 bits per heavy atom. The van der Waals surface area contributed by atoms with Crippen LogP contribution in [0.5, 0.6) is 0 Å². The van der Waals surface area contributed by atoms with Gasteiger partial charge in [0.1, 0.15) is 0 Å². The molecule has 3 rings (SSSR count). The number of hydrogen-bond acceptors (Lipinski definition) is 6. The van der Waals surface area contributed by atoms with E-state index in [1.165, 1.54) is 0 Å². The average Bonchev–Trinajstić information content (AvgIpc) is 3.07. The molecule has 0 radical (unpaired) electrons. The number of aryl methyl sites for hydroxylation is 1. The van der Waals surface area contributed by atoms with Gasteiger partial charge in [-0.05, 0) is 31.2 Å². The molecule has 1 heterocycles. The summed E-state index contributed by atoms with van der Waals surface area (Å²) in [6, 6.07) is 15.5. The normalized spacial score (nSPS) is 11.1. The molecule has 0 atom stereocenters. The zero-order valence-corrected chi connectivity index (χ0v) is 14.8. The lowest BCUT2D eigenvalue weighted by molar-refractivity contribution is 0.102. The highest BCUT2D eigenvalue weighted by Gasteiger charge is 2.21. The molecule has 2 N–H and O–H groups in total. The van der Waals surface area contributed by atoms with Gasteiger partial charge in [-0.3, -0.25) is 14.8 Å². The third-order valence-corrected chi connectivity index (χ3v) is 5.78. The van der Waals surface area contributed by atoms with Gasteiger partial charge in [0.25, 0.3) is 20.3 Å². The second-order valence-corrected chi connectivity index (χ2v) is 8.00. The zero-order valence-electron chi connectivity index (χ0n) is 13.1. The van der Waals surface area contributed by atoms with Crippen molar-refractivity contribution in [2.24, 2.45) is 0 Å². The summed E-state index contributed by atoms with van der Waals surface area (Å²) < 4.78 is 26.9. The lowest BCUT2D eigenvalue weighted by atomic mass is 10.2. The van der Waals surface area contributed by atoms with Crippen molar-refractivity contribution < 1.29 is 13.2 Å². The molecule has 0 fully saturated rings. The van der Waals surface area contributed by atoms with Gasteiger partial charge in [0, 0.05) is 11.3 Å². The van der Waals surface area contributed by atoms with Crippen LogP contribution in [-0.4, -0.2) is 24.5 Å². The van der Waals surface area contributed by atoms with Crippen LogP contribution in [0.25, 0.3) is 0 Å². The second-order valence-electron chi connectivity index (χ2n) is 5.16. The molecule has 1 aromatic heterocycles. The lowest BCUT2D eigenvalue weighted by Crippen LogP contribution is -2.12. The molecule has 2 aromatic carbocycles. The van der Waals surface area contributed by atoms with Crippen molar-refractivity contribution in [2.75, 3.05) is 10.0 Å². The molecule has 0 saturated heterocycles. The topological polar surface area (TPSA) is 101 Å². The number of carbonyl (C=O) groups is 1. The highest BCUT2D eigenvalue weighted by molar-refractivity contribution is 7.94. The number of anilines is 2. The van der Waals surface area contributed by atoms with Crippen molar-refractivity contribution in [2.45, 2.75) is 11.3 Å². The quantitative estimate of drug-likeness (QED) is 0.669. The molecule has 0 aliphatic heterocycles. The molecule has 0 spiro atoms. The predicted molar refractivity (Wildman–Crippen MR) is 96.3 cm³/mol. The summed E-state index contributed by atoms with van der Waals surface area (Å²) >= 11 is 0.781. The van der Waals surface area contributed by atoms with Crippen molar-refractivity contribution in [3.05, 3.63) is 65.7 Å². The minimum Gasteiger partial charge on any atom is -0.296 e. The summed E-state index contributed by atoms with van der Waals surface area (Å²) in [5.41, 5.74) is 1.89. The third-order valence-electron chi connectivity index (χ3n) is 3.20. The van der Waals surface area contributed by atoms with Crippen LogP contribution in [0.3, 0.4) is 0 Å². The largest absolute Gasteiger partial charge is 0.296 e. The van der Waals surface area contributed by atoms with E-state index >= 15 is 0 Å². The highest BCUT2D eigenvalue weighted by atomic mass is 32.2. The van der Waals surface area contributed by atoms with E-state index in [0.717, 1.165) is 16.9 Å². The van der Waals surface area contributed by atoms with Crippen LogP contribution in [-0.2, 0) is 10.0 Å². The van der Waals surface area contributed by atoms with Gasteiger partial charge in [0.05, 0.1) is 0 Å². The Hall–Kier alpha value is -2.78. The Kier molecular flexibility index (Phi) is 4.77. The Bertz CT molecular complexity index is 984. The van der Waals surface area contributed by atoms with Gasteiger partial charge in [0.2, 0.25) is 5.13 Å². The first-order chi connectivity index (χ1) is 11.9. The van der Waals surface area contributed by atoms with Gasteiger partial charge in [0.15, 0.2) is 0 Å². The molecule has 7 nitrogen and oxygen atoms in total. The number of rotatable bonds is 5. The van der Waals surface area contributed by atoms with Crippen molar-refractivity contribution in [3.63, 3.8) is 0 Å². The molecule has 3 aromatic rings. The molecule has 0 bridgehead atoms. The van der Waals surface area contributed by atoms with Gasteiger partial charge in [-0.15, -0.1) is 10.2 Å². The smallest absolute Gasteiger partial charge is 0.291 e. The monoisotopic (exact) mass is 374 g/mol. The van der Waals surface area contributed by atoms with E-state index in [0.29, 0.717) is 11.3 Å². The van der Waals surface area contributed by atoms with Gasteiger partial charge < -0.3 is 0 Å². The minimum atomic E-state index is -3.86. The number of nitrogens with zero attached hydrogens (tertiary/aromatic N) is 2. The number of aromatic nitrogens is 2. The first kappa shape index (κ1) is 17.1. The maximum atomic E-state index is 12.3. The van der Waals surface area contributed by atoms with Crippen LogP contribution in [0.2, 0.25) is 0 Å². The maximum Gasteiger partial charge on any atom is 0.291 e. The fourth-order valence-electron chi connectivity index (χ4n) is 1.95. The Balaban J connectivity index is 1.74. The summed E-state index contributed by atoms with van der Waals surface area (Å²) in [6.07, 6.45) is 0. The molecule has 0 aliphatic carbocycles. The van der Waals surface area contributed by atoms with Crippen LogP contribution >= 0.6 is 11.3 Å². The molecular weight excluding hydrogens is 360 g/mol. The van der Waals surface area contributed by atoms with Gasteiger partial charge in [-0.1, -0.05) is 47.2 Å². The van der Waals surface area contributed by atoms with E-state index in [1.807, 2.05) is 6.92 Å². The Morgan fingerprint density at radius 2 is 1.68 bits per heavy atom. The fraction of sp³-hybridized carbons (Fsp3) is 0.0625. The van der Waals surface area contributed by atoms with E-state index < -0.39 is 10.0 Å². The van der Waals surface area contributed by atoms with Gasteiger partial charge >= 0.3 is 0 Å². The first-order valence-corrected chi connectivity index (χ1v) is 9.53. The summed E-state index contributed by atoms with van der Waals surface area (Å²) in [7, 11) is -3.86. The molecular formula is C16H14N4O3S2. The average molecular weight is 374 g/mol. The van der Waals surface area contributed by atoms with E-state index in [9.17, 15) is 13.2 Å². The molecule has 9 heteroatoms. The van der Waals surface area contributed by atoms with Crippen LogP contribution in [0.4, 0.5) is 10.8 Å². The van der Waals surface area contributed by atoms with Crippen LogP contribution in [0, 0.1) is 6.92 Å². The van der Waals surface area contributed by atoms with Crippen molar-refractivity contribution >= 4 is 38.1 Å². The van der Waals surface area contributed by atoms with Crippen molar-refractivity contribution in [1.82, 2.24) is 10.2 Å². The van der Waals surface area contributed by atoms with Crippen LogP contribution < -0.4 is 10.0 Å². The molecule has 0 unspecified atom stereocenters. The van der Waals surface area contributed by atoms with Crippen molar-refractivity contribution in [1.29, 1.82) is 0 Å². The molecule has 0 aliphatic rings. The number of amides is 1. The number of nitrogens with one attached hydrogen (secondary N) is 2. The standard InChI is InChI=1S/C16H14N4O3S2/c1-11-7-9-13(10-8-11)20-25(22,23)16-19-18-15(24-16)17-14(21)12-5-3-2-4-6-12/h2-10,20H,1H3,(H,17,18,21). The Labute approximate surface area is 148 Å². The number of benzene rings is 2. The van der Waals surface area contributed by atoms with Crippen molar-refractivity contribution in [3.8, 4) is 0 Å². The molecule has 0 saturated carbocycles. The summed E-state index contributed by atoms with van der Waals surface area (Å²) in [5, 5.41) is 10.0. The number of hydrogen-bond donors (Lipinski definition) is 2. The molecule has 128 valence electrons. The first-order valence-electron chi connectivity index (χ1n) is 7.23. The van der Waals surface area contributed by atoms with Crippen LogP contribution in [0.1, 0.15) is 15.9 Å². The fourth-order valence-corrected chi connectivity index (χ4v) is 3.90. The lowest BCUT2D eigenvalue weighted by Gasteiger charge is -2.04. The minimum absolute atomic E-state index is 0.109. The van der Waals surface area contributed by atoms with E-state index in [4.69, 9.17) is 0 Å². The molecule has 1 amide bonds. The SMILES string of the molecule is Cc1ccc(NS(=O)(=O)c2nnc(NC(=O)c3ccccc3)s2)cc1. The number of carbonyl (C=O) groups excluding carboxylic acids is 1. The summed E-state index contributed by atoms with van der Waals surface area (Å²) in [6.45, 7) is 1.91.